The number of anilines is 2. The number of benzene rings is 3. The fourth-order valence-electron chi connectivity index (χ4n) is 4.45. The molecule has 0 spiro atoms. The highest BCUT2D eigenvalue weighted by Gasteiger charge is 2.22. The minimum atomic E-state index is 0.948. The van der Waals surface area contributed by atoms with Crippen molar-refractivity contribution in [3.05, 3.63) is 107 Å². The fraction of sp³-hybridized carbons (Fsp3) is 0.259. The van der Waals surface area contributed by atoms with E-state index in [4.69, 9.17) is 0 Å². The summed E-state index contributed by atoms with van der Waals surface area (Å²) in [5.41, 5.74) is 7.95. The molecule has 1 N–H and O–H groups in total. The standard InChI is InChI=1S/C27H28N3/c1-3-8-22(9-4-1)20-25-15-14-24-12-7-13-26(27(24)28-25)30-18-16-29(17-19-30)21-23-10-5-2-6-11-23/h1-6,8-13,15,28H,14,16-21H2. The summed E-state index contributed by atoms with van der Waals surface area (Å²) >= 11 is 0. The van der Waals surface area contributed by atoms with Gasteiger partial charge < -0.3 is 10.2 Å². The van der Waals surface area contributed by atoms with Crippen LogP contribution in [0, 0.1) is 6.07 Å². The predicted octanol–water partition coefficient (Wildman–Crippen LogP) is 4.90. The molecule has 2 heterocycles. The first-order valence-electron chi connectivity index (χ1n) is 10.9. The lowest BCUT2D eigenvalue weighted by atomic mass is 9.99. The highest BCUT2D eigenvalue weighted by atomic mass is 15.3. The normalized spacial score (nSPS) is 16.5. The fourth-order valence-corrected chi connectivity index (χ4v) is 4.45. The Balaban J connectivity index is 1.26. The lowest BCUT2D eigenvalue weighted by molar-refractivity contribution is 0.250. The Morgan fingerprint density at radius 3 is 2.23 bits per heavy atom. The first kappa shape index (κ1) is 19.0. The highest BCUT2D eigenvalue weighted by molar-refractivity contribution is 5.77. The Hall–Kier alpha value is -3.04. The largest absolute Gasteiger partial charge is 0.367 e. The molecule has 0 amide bonds. The molecule has 0 unspecified atom stereocenters. The number of hydrogen-bond acceptors (Lipinski definition) is 3. The van der Waals surface area contributed by atoms with E-state index >= 15 is 0 Å². The summed E-state index contributed by atoms with van der Waals surface area (Å²) in [6.45, 7) is 5.32. The second kappa shape index (κ2) is 8.76. The maximum Gasteiger partial charge on any atom is 0.0655 e. The van der Waals surface area contributed by atoms with Crippen LogP contribution in [-0.4, -0.2) is 31.1 Å². The van der Waals surface area contributed by atoms with Crippen LogP contribution in [-0.2, 0) is 19.4 Å². The zero-order valence-electron chi connectivity index (χ0n) is 17.3. The quantitative estimate of drug-likeness (QED) is 0.664. The van der Waals surface area contributed by atoms with Crippen molar-refractivity contribution in [3.8, 4) is 0 Å². The molecule has 2 aliphatic rings. The first-order chi connectivity index (χ1) is 14.8. The molecular weight excluding hydrogens is 366 g/mol. The van der Waals surface area contributed by atoms with Crippen molar-refractivity contribution in [2.75, 3.05) is 36.4 Å². The van der Waals surface area contributed by atoms with Crippen molar-refractivity contribution >= 4 is 11.4 Å². The van der Waals surface area contributed by atoms with Gasteiger partial charge in [-0.25, -0.2) is 0 Å². The molecule has 3 aromatic carbocycles. The van der Waals surface area contributed by atoms with E-state index in [9.17, 15) is 0 Å². The Morgan fingerprint density at radius 1 is 0.800 bits per heavy atom. The molecule has 1 radical (unpaired) electrons. The third-order valence-corrected chi connectivity index (χ3v) is 6.11. The van der Waals surface area contributed by atoms with Crippen molar-refractivity contribution in [1.82, 2.24) is 4.90 Å². The molecule has 3 heteroatoms. The first-order valence-corrected chi connectivity index (χ1v) is 10.9. The molecule has 151 valence electrons. The molecule has 0 saturated carbocycles. The lowest BCUT2D eigenvalue weighted by Gasteiger charge is -2.38. The van der Waals surface area contributed by atoms with Gasteiger partial charge in [-0.2, -0.15) is 0 Å². The van der Waals surface area contributed by atoms with E-state index in [0.29, 0.717) is 0 Å². The Kier molecular flexibility index (Phi) is 5.54. The second-order valence-electron chi connectivity index (χ2n) is 8.21. The molecule has 3 nitrogen and oxygen atoms in total. The Morgan fingerprint density at radius 2 is 1.50 bits per heavy atom. The van der Waals surface area contributed by atoms with E-state index in [2.05, 4.69) is 100 Å². The Labute approximate surface area is 179 Å². The van der Waals surface area contributed by atoms with E-state index in [1.54, 1.807) is 0 Å². The molecule has 30 heavy (non-hydrogen) atoms. The van der Waals surface area contributed by atoms with Gasteiger partial charge in [0.2, 0.25) is 0 Å². The van der Waals surface area contributed by atoms with E-state index in [1.165, 1.54) is 33.8 Å². The summed E-state index contributed by atoms with van der Waals surface area (Å²) in [5.74, 6) is 0. The van der Waals surface area contributed by atoms with Crippen LogP contribution in [0.3, 0.4) is 0 Å². The van der Waals surface area contributed by atoms with Crippen LogP contribution in [0.4, 0.5) is 11.4 Å². The van der Waals surface area contributed by atoms with Gasteiger partial charge in [-0.3, -0.25) is 4.90 Å². The number of rotatable bonds is 5. The van der Waals surface area contributed by atoms with Crippen LogP contribution in [0.15, 0.2) is 84.6 Å². The minimum Gasteiger partial charge on any atom is -0.367 e. The predicted molar refractivity (Wildman–Crippen MR) is 125 cm³/mol. The van der Waals surface area contributed by atoms with Crippen LogP contribution < -0.4 is 10.2 Å². The monoisotopic (exact) mass is 394 g/mol. The summed E-state index contributed by atoms with van der Waals surface area (Å²) in [6, 6.07) is 29.2. The third-order valence-electron chi connectivity index (χ3n) is 6.11. The van der Waals surface area contributed by atoms with Crippen molar-refractivity contribution < 1.29 is 0 Å². The summed E-state index contributed by atoms with van der Waals surface area (Å²) < 4.78 is 0. The molecule has 0 atom stereocenters. The van der Waals surface area contributed by atoms with Gasteiger partial charge in [-0.15, -0.1) is 0 Å². The van der Waals surface area contributed by atoms with E-state index in [-0.39, 0.29) is 0 Å². The SMILES string of the molecule is [c]1cc2c(c(N3CCN(Cc4ccccc4)CC3)c1)NC(Cc1ccccc1)=CC2. The number of piperazine rings is 1. The number of nitrogens with one attached hydrogen (secondary N) is 1. The molecule has 0 aromatic heterocycles. The zero-order valence-corrected chi connectivity index (χ0v) is 17.3. The molecule has 1 fully saturated rings. The van der Waals surface area contributed by atoms with Gasteiger partial charge >= 0.3 is 0 Å². The molecular formula is C27H28N3. The molecule has 5 rings (SSSR count). The molecule has 2 aliphatic heterocycles. The maximum absolute atomic E-state index is 3.75. The highest BCUT2D eigenvalue weighted by Crippen LogP contribution is 2.35. The number of nitrogens with zero attached hydrogens (tertiary/aromatic N) is 2. The second-order valence-corrected chi connectivity index (χ2v) is 8.21. The molecule has 1 saturated heterocycles. The molecule has 0 aliphatic carbocycles. The number of hydrogen-bond donors (Lipinski definition) is 1. The van der Waals surface area contributed by atoms with Crippen molar-refractivity contribution in [2.24, 2.45) is 0 Å². The van der Waals surface area contributed by atoms with E-state index < -0.39 is 0 Å². The van der Waals surface area contributed by atoms with Crippen LogP contribution in [0.1, 0.15) is 16.7 Å². The number of fused-ring (bicyclic) bond motifs is 1. The molecule has 3 aromatic rings. The van der Waals surface area contributed by atoms with Crippen molar-refractivity contribution in [2.45, 2.75) is 19.4 Å². The zero-order chi connectivity index (χ0) is 20.2. The summed E-state index contributed by atoms with van der Waals surface area (Å²) in [5, 5.41) is 3.75. The van der Waals surface area contributed by atoms with Gasteiger partial charge in [0.25, 0.3) is 0 Å². The number of allylic oxidation sites excluding steroid dienone is 2. The van der Waals surface area contributed by atoms with Gasteiger partial charge in [0.05, 0.1) is 11.4 Å². The maximum atomic E-state index is 3.75. The lowest BCUT2D eigenvalue weighted by Crippen LogP contribution is -2.46. The summed E-state index contributed by atoms with van der Waals surface area (Å²) in [4.78, 5) is 5.08. The topological polar surface area (TPSA) is 18.5 Å². The smallest absolute Gasteiger partial charge is 0.0655 e. The molecule has 0 bridgehead atoms. The van der Waals surface area contributed by atoms with Gasteiger partial charge in [-0.1, -0.05) is 66.7 Å². The average molecular weight is 395 g/mol. The minimum absolute atomic E-state index is 0.948. The van der Waals surface area contributed by atoms with Crippen LogP contribution in [0.5, 0.6) is 0 Å². The van der Waals surface area contributed by atoms with Gasteiger partial charge in [-0.05, 0) is 41.3 Å². The van der Waals surface area contributed by atoms with E-state index in [1.807, 2.05) is 0 Å². The average Bonchev–Trinajstić information content (AvgIpc) is 2.81. The van der Waals surface area contributed by atoms with Crippen LogP contribution in [0.25, 0.3) is 0 Å². The van der Waals surface area contributed by atoms with Crippen LogP contribution >= 0.6 is 0 Å². The summed E-state index contributed by atoms with van der Waals surface area (Å²) in [6.07, 6.45) is 4.25. The van der Waals surface area contributed by atoms with Gasteiger partial charge in [0.15, 0.2) is 0 Å². The van der Waals surface area contributed by atoms with Crippen molar-refractivity contribution in [1.29, 1.82) is 0 Å². The van der Waals surface area contributed by atoms with Crippen molar-refractivity contribution in [3.63, 3.8) is 0 Å². The van der Waals surface area contributed by atoms with Gasteiger partial charge in [0, 0.05) is 44.8 Å². The Bertz CT molecular complexity index is 1000. The van der Waals surface area contributed by atoms with E-state index in [0.717, 1.165) is 45.6 Å². The van der Waals surface area contributed by atoms with Gasteiger partial charge in [0.1, 0.15) is 0 Å². The summed E-state index contributed by atoms with van der Waals surface area (Å²) in [7, 11) is 0. The third kappa shape index (κ3) is 4.27. The van der Waals surface area contributed by atoms with Crippen LogP contribution in [0.2, 0.25) is 0 Å².